The number of carbonyl (C=O) groups is 1. The Balaban J connectivity index is 2.25. The van der Waals surface area contributed by atoms with Crippen LogP contribution in [0.15, 0.2) is 34.8 Å². The van der Waals surface area contributed by atoms with Crippen molar-refractivity contribution < 1.29 is 19.0 Å². The van der Waals surface area contributed by atoms with Gasteiger partial charge in [-0.1, -0.05) is 13.8 Å². The number of benzene rings is 1. The first-order valence-corrected chi connectivity index (χ1v) is 12.3. The van der Waals surface area contributed by atoms with Gasteiger partial charge in [-0.3, -0.25) is 4.79 Å². The molecule has 3 rings (SSSR count). The second kappa shape index (κ2) is 10.3. The molecule has 0 radical (unpaired) electrons. The normalized spacial score (nSPS) is 20.0. The summed E-state index contributed by atoms with van der Waals surface area (Å²) in [6.07, 6.45) is 1.12. The lowest BCUT2D eigenvalue weighted by Crippen LogP contribution is -2.43. The summed E-state index contributed by atoms with van der Waals surface area (Å²) in [6.45, 7) is 9.90. The molecule has 7 nitrogen and oxygen atoms in total. The molecule has 1 heterocycles. The van der Waals surface area contributed by atoms with Gasteiger partial charge in [0.15, 0.2) is 17.3 Å². The summed E-state index contributed by atoms with van der Waals surface area (Å²) < 4.78 is 17.8. The summed E-state index contributed by atoms with van der Waals surface area (Å²) >= 11 is 2.21. The van der Waals surface area contributed by atoms with Crippen molar-refractivity contribution in [2.75, 3.05) is 33.5 Å². The van der Waals surface area contributed by atoms with Crippen molar-refractivity contribution in [2.45, 2.75) is 46.5 Å². The van der Waals surface area contributed by atoms with Gasteiger partial charge in [0.1, 0.15) is 5.82 Å². The number of hydrogen-bond acceptors (Lipinski definition) is 7. The predicted octanol–water partition coefficient (Wildman–Crippen LogP) is 4.47. The number of methoxy groups -OCH3 is 1. The van der Waals surface area contributed by atoms with Crippen LogP contribution in [0.25, 0.3) is 0 Å². The van der Waals surface area contributed by atoms with Crippen LogP contribution in [-0.4, -0.2) is 44.2 Å². The zero-order valence-corrected chi connectivity index (χ0v) is 22.1. The maximum absolute atomic E-state index is 13.5. The highest BCUT2D eigenvalue weighted by molar-refractivity contribution is 14.1. The first-order chi connectivity index (χ1) is 15.7. The van der Waals surface area contributed by atoms with Crippen LogP contribution in [0.1, 0.15) is 52.0 Å². The molecule has 0 amide bonds. The van der Waals surface area contributed by atoms with Crippen LogP contribution in [0.4, 0.5) is 0 Å². The lowest BCUT2D eigenvalue weighted by molar-refractivity contribution is -0.118. The van der Waals surface area contributed by atoms with Crippen molar-refractivity contribution in [1.29, 1.82) is 5.26 Å². The highest BCUT2D eigenvalue weighted by atomic mass is 127. The first-order valence-electron chi connectivity index (χ1n) is 11.2. The number of nitrogens with zero attached hydrogens (tertiary/aromatic N) is 2. The van der Waals surface area contributed by atoms with E-state index < -0.39 is 5.92 Å². The third kappa shape index (κ3) is 4.99. The zero-order chi connectivity index (χ0) is 24.3. The van der Waals surface area contributed by atoms with Crippen LogP contribution in [-0.2, 0) is 9.53 Å². The molecule has 178 valence electrons. The molecule has 1 atom stereocenters. The lowest BCUT2D eigenvalue weighted by Gasteiger charge is -2.43. The number of carbonyl (C=O) groups excluding carboxylic acids is 1. The fraction of sp³-hybridized carbons (Fsp3) is 0.520. The maximum atomic E-state index is 13.5. The largest absolute Gasteiger partial charge is 0.490 e. The van der Waals surface area contributed by atoms with Gasteiger partial charge >= 0.3 is 0 Å². The number of ketones is 1. The van der Waals surface area contributed by atoms with E-state index in [2.05, 4.69) is 42.5 Å². The van der Waals surface area contributed by atoms with Crippen LogP contribution in [0.5, 0.6) is 11.5 Å². The van der Waals surface area contributed by atoms with Crippen molar-refractivity contribution in [3.05, 3.63) is 43.9 Å². The van der Waals surface area contributed by atoms with E-state index in [0.717, 1.165) is 14.8 Å². The quantitative estimate of drug-likeness (QED) is 0.465. The van der Waals surface area contributed by atoms with Gasteiger partial charge < -0.3 is 24.8 Å². The summed E-state index contributed by atoms with van der Waals surface area (Å²) in [6, 6.07) is 6.15. The molecule has 1 aliphatic carbocycles. The van der Waals surface area contributed by atoms with Gasteiger partial charge in [0.2, 0.25) is 0 Å². The average Bonchev–Trinajstić information content (AvgIpc) is 2.74. The van der Waals surface area contributed by atoms with Crippen LogP contribution < -0.4 is 15.2 Å². The Hall–Kier alpha value is -2.25. The molecule has 1 aromatic rings. The Morgan fingerprint density at radius 3 is 2.55 bits per heavy atom. The minimum atomic E-state index is -0.546. The minimum absolute atomic E-state index is 0.0516. The Kier molecular flexibility index (Phi) is 7.96. The fourth-order valence-corrected chi connectivity index (χ4v) is 5.43. The topological polar surface area (TPSA) is 97.8 Å². The number of rotatable bonds is 8. The van der Waals surface area contributed by atoms with Crippen molar-refractivity contribution in [2.24, 2.45) is 11.1 Å². The monoisotopic (exact) mass is 565 g/mol. The molecule has 2 N–H and O–H groups in total. The fourth-order valence-electron chi connectivity index (χ4n) is 4.65. The van der Waals surface area contributed by atoms with Crippen molar-refractivity contribution in [3.63, 3.8) is 0 Å². The highest BCUT2D eigenvalue weighted by Gasteiger charge is 2.44. The van der Waals surface area contributed by atoms with E-state index >= 15 is 0 Å². The summed E-state index contributed by atoms with van der Waals surface area (Å²) in [4.78, 5) is 15.4. The van der Waals surface area contributed by atoms with E-state index in [-0.39, 0.29) is 11.2 Å². The number of allylic oxidation sites excluding steroid dienone is 3. The third-order valence-electron chi connectivity index (χ3n) is 5.96. The molecule has 0 aromatic heterocycles. The van der Waals surface area contributed by atoms with E-state index in [4.69, 9.17) is 19.9 Å². The van der Waals surface area contributed by atoms with Crippen molar-refractivity contribution >= 4 is 28.4 Å². The molecule has 0 spiro atoms. The predicted molar refractivity (Wildman–Crippen MR) is 135 cm³/mol. The Labute approximate surface area is 209 Å². The molecule has 0 unspecified atom stereocenters. The van der Waals surface area contributed by atoms with E-state index in [9.17, 15) is 10.1 Å². The van der Waals surface area contributed by atoms with Crippen molar-refractivity contribution in [3.8, 4) is 17.6 Å². The van der Waals surface area contributed by atoms with E-state index in [1.165, 1.54) is 0 Å². The van der Waals surface area contributed by atoms with Crippen LogP contribution in [0, 0.1) is 20.3 Å². The number of hydrogen-bond donors (Lipinski definition) is 1. The molecule has 0 saturated carbocycles. The summed E-state index contributed by atoms with van der Waals surface area (Å²) in [5.74, 6) is 1.16. The summed E-state index contributed by atoms with van der Waals surface area (Å²) in [7, 11) is 1.63. The molecular weight excluding hydrogens is 533 g/mol. The summed E-state index contributed by atoms with van der Waals surface area (Å²) in [5.41, 5.74) is 9.10. The second-order valence-electron chi connectivity index (χ2n) is 8.99. The number of ether oxygens (including phenoxy) is 3. The van der Waals surface area contributed by atoms with Gasteiger partial charge in [-0.15, -0.1) is 0 Å². The average molecular weight is 565 g/mol. The minimum Gasteiger partial charge on any atom is -0.490 e. The van der Waals surface area contributed by atoms with Gasteiger partial charge in [0, 0.05) is 31.3 Å². The van der Waals surface area contributed by atoms with E-state index in [0.29, 0.717) is 67.7 Å². The number of Topliss-reactive ketones (excluding diaryl/α,β-unsaturated/α-hetero) is 1. The first kappa shape index (κ1) is 25.4. The zero-order valence-electron chi connectivity index (χ0n) is 20.0. The Morgan fingerprint density at radius 1 is 1.24 bits per heavy atom. The van der Waals surface area contributed by atoms with Gasteiger partial charge in [-0.05, 0) is 66.0 Å². The van der Waals surface area contributed by atoms with Crippen LogP contribution in [0.2, 0.25) is 0 Å². The Bertz CT molecular complexity index is 1040. The maximum Gasteiger partial charge on any atom is 0.174 e. The lowest BCUT2D eigenvalue weighted by atomic mass is 9.68. The SMILES string of the molecule is CCOc1cc([C@H]2C(C#N)=C(N)N(CCOC)C3=C2C(=O)CC(C)(C)C3)cc(I)c1OCC. The molecule has 0 fully saturated rings. The standard InChI is InChI=1S/C25H32IN3O4/c1-6-32-20-11-15(10-17(26)23(20)33-7-2)21-16(14-27)24(28)29(8-9-31-5)18-12-25(3,4)13-19(30)22(18)21/h10-11,21H,6-9,12-13,28H2,1-5H3/t21-/m0/s1. The number of halogens is 1. The van der Waals surface area contributed by atoms with Gasteiger partial charge in [0.25, 0.3) is 0 Å². The van der Waals surface area contributed by atoms with E-state index in [1.807, 2.05) is 30.9 Å². The molecule has 1 aromatic carbocycles. The van der Waals surface area contributed by atoms with Crippen LogP contribution >= 0.6 is 22.6 Å². The van der Waals surface area contributed by atoms with Gasteiger partial charge in [-0.2, -0.15) is 5.26 Å². The van der Waals surface area contributed by atoms with Crippen LogP contribution in [0.3, 0.4) is 0 Å². The molecule has 1 aliphatic heterocycles. The van der Waals surface area contributed by atoms with E-state index in [1.54, 1.807) is 7.11 Å². The number of nitrogens with two attached hydrogens (primary N) is 1. The molecular formula is C25H32IN3O4. The molecule has 0 saturated heterocycles. The van der Waals surface area contributed by atoms with Gasteiger partial charge in [-0.25, -0.2) is 0 Å². The highest BCUT2D eigenvalue weighted by Crippen LogP contribution is 2.50. The molecule has 33 heavy (non-hydrogen) atoms. The summed E-state index contributed by atoms with van der Waals surface area (Å²) in [5, 5.41) is 10.2. The Morgan fingerprint density at radius 2 is 1.94 bits per heavy atom. The number of nitriles is 1. The molecule has 0 bridgehead atoms. The molecule has 2 aliphatic rings. The van der Waals surface area contributed by atoms with Gasteiger partial charge in [0.05, 0.1) is 41.0 Å². The van der Waals surface area contributed by atoms with Crippen molar-refractivity contribution in [1.82, 2.24) is 4.90 Å². The third-order valence-corrected chi connectivity index (χ3v) is 6.76. The smallest absolute Gasteiger partial charge is 0.174 e. The second-order valence-corrected chi connectivity index (χ2v) is 10.1. The molecule has 8 heteroatoms.